The summed E-state index contributed by atoms with van der Waals surface area (Å²) in [7, 11) is 0. The van der Waals surface area contributed by atoms with Crippen LogP contribution >= 0.6 is 0 Å². The number of rotatable bonds is 6. The molecule has 1 aliphatic rings. The molecule has 180 valence electrons. The zero-order valence-electron chi connectivity index (χ0n) is 20.2. The second-order valence-electron chi connectivity index (χ2n) is 9.12. The SMILES string of the molecule is CC(Nc1nccc(-n2cnc3cc(-c4ccnc(N5CCCCC5)n4)ccc32)n1)c1ccccc1. The van der Waals surface area contributed by atoms with Gasteiger partial charge in [0, 0.05) is 31.0 Å². The van der Waals surface area contributed by atoms with Crippen molar-refractivity contribution >= 4 is 22.9 Å². The molecule has 0 saturated carbocycles. The van der Waals surface area contributed by atoms with Gasteiger partial charge in [0.05, 0.1) is 22.8 Å². The monoisotopic (exact) mass is 476 g/mol. The molecule has 1 atom stereocenters. The van der Waals surface area contributed by atoms with Crippen LogP contribution in [-0.4, -0.2) is 42.6 Å². The normalized spacial score (nSPS) is 14.6. The zero-order chi connectivity index (χ0) is 24.3. The molecule has 0 bridgehead atoms. The number of piperidine rings is 1. The van der Waals surface area contributed by atoms with Crippen LogP contribution in [0.5, 0.6) is 0 Å². The molecular weight excluding hydrogens is 448 g/mol. The molecule has 8 heteroatoms. The maximum atomic E-state index is 4.85. The molecule has 0 amide bonds. The Balaban J connectivity index is 1.26. The van der Waals surface area contributed by atoms with Gasteiger partial charge in [-0.15, -0.1) is 0 Å². The summed E-state index contributed by atoms with van der Waals surface area (Å²) in [5, 5.41) is 3.40. The number of nitrogens with one attached hydrogen (secondary N) is 1. The Morgan fingerprint density at radius 2 is 1.67 bits per heavy atom. The third-order valence-electron chi connectivity index (χ3n) is 6.66. The van der Waals surface area contributed by atoms with Crippen LogP contribution in [0.15, 0.2) is 79.4 Å². The minimum Gasteiger partial charge on any atom is -0.348 e. The topological polar surface area (TPSA) is 84.7 Å². The molecule has 1 N–H and O–H groups in total. The van der Waals surface area contributed by atoms with Gasteiger partial charge in [0.2, 0.25) is 11.9 Å². The number of hydrogen-bond acceptors (Lipinski definition) is 7. The molecule has 36 heavy (non-hydrogen) atoms. The summed E-state index contributed by atoms with van der Waals surface area (Å²) in [4.78, 5) is 25.5. The van der Waals surface area contributed by atoms with Gasteiger partial charge in [0.25, 0.3) is 0 Å². The van der Waals surface area contributed by atoms with Crippen LogP contribution < -0.4 is 10.2 Å². The van der Waals surface area contributed by atoms with Crippen LogP contribution in [0.25, 0.3) is 28.1 Å². The average molecular weight is 477 g/mol. The van der Waals surface area contributed by atoms with E-state index in [1.807, 2.05) is 41.1 Å². The Morgan fingerprint density at radius 1 is 0.833 bits per heavy atom. The van der Waals surface area contributed by atoms with Crippen molar-refractivity contribution in [2.45, 2.75) is 32.2 Å². The Labute approximate surface area is 210 Å². The lowest BCUT2D eigenvalue weighted by atomic mass is 10.1. The highest BCUT2D eigenvalue weighted by atomic mass is 15.2. The molecule has 5 aromatic rings. The number of anilines is 2. The molecule has 0 radical (unpaired) electrons. The van der Waals surface area contributed by atoms with Gasteiger partial charge in [-0.25, -0.2) is 19.9 Å². The van der Waals surface area contributed by atoms with Crippen LogP contribution in [-0.2, 0) is 0 Å². The Morgan fingerprint density at radius 3 is 2.53 bits per heavy atom. The van der Waals surface area contributed by atoms with E-state index in [0.717, 1.165) is 47.1 Å². The summed E-state index contributed by atoms with van der Waals surface area (Å²) in [6.45, 7) is 4.14. The standard InChI is InChI=1S/C28H28N8/c1-20(21-8-4-2-5-9-21)32-27-29-15-13-26(34-27)36-19-31-24-18-22(10-11-25(24)36)23-12-14-30-28(33-23)35-16-6-3-7-17-35/h2,4-5,8-15,18-20H,3,6-7,16-17H2,1H3,(H,29,32,34). The van der Waals surface area contributed by atoms with Crippen molar-refractivity contribution in [2.24, 2.45) is 0 Å². The maximum absolute atomic E-state index is 4.85. The van der Waals surface area contributed by atoms with Crippen LogP contribution in [0, 0.1) is 0 Å². The first-order chi connectivity index (χ1) is 17.7. The number of hydrogen-bond donors (Lipinski definition) is 1. The molecule has 1 unspecified atom stereocenters. The van der Waals surface area contributed by atoms with Crippen molar-refractivity contribution in [1.29, 1.82) is 0 Å². The molecule has 1 fully saturated rings. The fourth-order valence-electron chi connectivity index (χ4n) is 4.68. The van der Waals surface area contributed by atoms with E-state index < -0.39 is 0 Å². The molecule has 6 rings (SSSR count). The van der Waals surface area contributed by atoms with E-state index in [9.17, 15) is 0 Å². The summed E-state index contributed by atoms with van der Waals surface area (Å²) in [6, 6.07) is 20.4. The summed E-state index contributed by atoms with van der Waals surface area (Å²) in [5.41, 5.74) is 4.97. The number of nitrogens with zero attached hydrogens (tertiary/aromatic N) is 7. The quantitative estimate of drug-likeness (QED) is 0.349. The number of fused-ring (bicyclic) bond motifs is 1. The zero-order valence-corrected chi connectivity index (χ0v) is 20.2. The largest absolute Gasteiger partial charge is 0.348 e. The first-order valence-corrected chi connectivity index (χ1v) is 12.4. The molecule has 4 heterocycles. The molecule has 1 saturated heterocycles. The van der Waals surface area contributed by atoms with E-state index in [0.29, 0.717) is 5.95 Å². The van der Waals surface area contributed by atoms with Crippen LogP contribution in [0.1, 0.15) is 37.8 Å². The predicted octanol–water partition coefficient (Wildman–Crippen LogP) is 5.44. The smallest absolute Gasteiger partial charge is 0.225 e. The minimum atomic E-state index is 0.0891. The Kier molecular flexibility index (Phi) is 5.99. The van der Waals surface area contributed by atoms with E-state index in [-0.39, 0.29) is 6.04 Å². The second kappa shape index (κ2) is 9.73. The number of imidazole rings is 1. The maximum Gasteiger partial charge on any atom is 0.225 e. The van der Waals surface area contributed by atoms with Crippen molar-refractivity contribution in [3.05, 3.63) is 84.9 Å². The van der Waals surface area contributed by atoms with Crippen molar-refractivity contribution < 1.29 is 0 Å². The molecular formula is C28H28N8. The lowest BCUT2D eigenvalue weighted by molar-refractivity contribution is 0.568. The molecule has 8 nitrogen and oxygen atoms in total. The molecule has 2 aromatic carbocycles. The summed E-state index contributed by atoms with van der Waals surface area (Å²) < 4.78 is 1.98. The average Bonchev–Trinajstić information content (AvgIpc) is 3.38. The van der Waals surface area contributed by atoms with Gasteiger partial charge >= 0.3 is 0 Å². The Hall–Kier alpha value is -4.33. The van der Waals surface area contributed by atoms with Crippen molar-refractivity contribution in [3.8, 4) is 17.1 Å². The van der Waals surface area contributed by atoms with E-state index in [1.54, 1.807) is 12.5 Å². The molecule has 1 aliphatic heterocycles. The highest BCUT2D eigenvalue weighted by Gasteiger charge is 2.15. The van der Waals surface area contributed by atoms with E-state index in [1.165, 1.54) is 24.8 Å². The first kappa shape index (κ1) is 22.2. The highest BCUT2D eigenvalue weighted by Crippen LogP contribution is 2.26. The van der Waals surface area contributed by atoms with Gasteiger partial charge < -0.3 is 10.2 Å². The fraction of sp³-hybridized carbons (Fsp3) is 0.250. The third-order valence-corrected chi connectivity index (χ3v) is 6.66. The van der Waals surface area contributed by atoms with E-state index in [2.05, 4.69) is 62.4 Å². The van der Waals surface area contributed by atoms with Gasteiger partial charge in [0.15, 0.2) is 0 Å². The molecule has 0 aliphatic carbocycles. The van der Waals surface area contributed by atoms with E-state index in [4.69, 9.17) is 9.97 Å². The summed E-state index contributed by atoms with van der Waals surface area (Å²) >= 11 is 0. The summed E-state index contributed by atoms with van der Waals surface area (Å²) in [6.07, 6.45) is 9.10. The Bertz CT molecular complexity index is 1470. The van der Waals surface area contributed by atoms with E-state index >= 15 is 0 Å². The lowest BCUT2D eigenvalue weighted by Gasteiger charge is -2.26. The van der Waals surface area contributed by atoms with Gasteiger partial charge in [-0.1, -0.05) is 36.4 Å². The van der Waals surface area contributed by atoms with Crippen LogP contribution in [0.2, 0.25) is 0 Å². The van der Waals surface area contributed by atoms with Crippen LogP contribution in [0.4, 0.5) is 11.9 Å². The highest BCUT2D eigenvalue weighted by molar-refractivity contribution is 5.82. The first-order valence-electron chi connectivity index (χ1n) is 12.4. The van der Waals surface area contributed by atoms with Gasteiger partial charge in [0.1, 0.15) is 12.1 Å². The molecule has 3 aromatic heterocycles. The van der Waals surface area contributed by atoms with Crippen LogP contribution in [0.3, 0.4) is 0 Å². The van der Waals surface area contributed by atoms with Crippen molar-refractivity contribution in [1.82, 2.24) is 29.5 Å². The fourth-order valence-corrected chi connectivity index (χ4v) is 4.68. The second-order valence-corrected chi connectivity index (χ2v) is 9.12. The van der Waals surface area contributed by atoms with Gasteiger partial charge in [-0.2, -0.15) is 4.98 Å². The van der Waals surface area contributed by atoms with Crippen molar-refractivity contribution in [3.63, 3.8) is 0 Å². The van der Waals surface area contributed by atoms with Crippen molar-refractivity contribution in [2.75, 3.05) is 23.3 Å². The summed E-state index contributed by atoms with van der Waals surface area (Å²) in [5.74, 6) is 2.15. The number of benzene rings is 2. The number of aromatic nitrogens is 6. The molecule has 0 spiro atoms. The van der Waals surface area contributed by atoms with Gasteiger partial charge in [-0.05, 0) is 56.0 Å². The predicted molar refractivity (Wildman–Crippen MR) is 142 cm³/mol. The lowest BCUT2D eigenvalue weighted by Crippen LogP contribution is -2.30. The third kappa shape index (κ3) is 4.49. The minimum absolute atomic E-state index is 0.0891. The van der Waals surface area contributed by atoms with Gasteiger partial charge in [-0.3, -0.25) is 4.57 Å².